The molecule has 0 radical (unpaired) electrons. The van der Waals surface area contributed by atoms with Crippen molar-refractivity contribution >= 4 is 40.0 Å². The van der Waals surface area contributed by atoms with Gasteiger partial charge >= 0.3 is 5.97 Å². The Bertz CT molecular complexity index is 628. The monoisotopic (exact) mass is 294 g/mol. The van der Waals surface area contributed by atoms with Crippen molar-refractivity contribution in [3.8, 4) is 0 Å². The highest BCUT2D eigenvalue weighted by molar-refractivity contribution is 7.80. The molecule has 20 heavy (non-hydrogen) atoms. The summed E-state index contributed by atoms with van der Waals surface area (Å²) in [7, 11) is 0. The summed E-state index contributed by atoms with van der Waals surface area (Å²) >= 11 is 5.01. The first-order valence-electron chi connectivity index (χ1n) is 6.06. The minimum atomic E-state index is -0.294. The van der Waals surface area contributed by atoms with Gasteiger partial charge in [-0.1, -0.05) is 0 Å². The quantitative estimate of drug-likeness (QED) is 0.650. The zero-order valence-electron chi connectivity index (χ0n) is 10.9. The Hall–Kier alpha value is -2.22. The van der Waals surface area contributed by atoms with Gasteiger partial charge in [-0.3, -0.25) is 4.79 Å². The average molecular weight is 294 g/mol. The summed E-state index contributed by atoms with van der Waals surface area (Å²) < 4.78 is 9.51. The molecule has 1 heterocycles. The van der Waals surface area contributed by atoms with Crippen molar-refractivity contribution in [2.45, 2.75) is 13.3 Å². The fraction of sp³-hybridized carbons (Fsp3) is 0.333. The number of nitrogens with zero attached hydrogens (tertiary/aromatic N) is 3. The third kappa shape index (κ3) is 3.21. The predicted octanol–water partition coefficient (Wildman–Crippen LogP) is 1.23. The number of aromatic nitrogens is 2. The minimum absolute atomic E-state index is 0.171. The van der Waals surface area contributed by atoms with Crippen LogP contribution in [-0.4, -0.2) is 34.5 Å². The Labute approximate surface area is 120 Å². The topological polar surface area (TPSA) is 94.5 Å². The number of carbonyl (C=O) groups excluding carboxylic acids is 1. The molecule has 0 spiro atoms. The van der Waals surface area contributed by atoms with Crippen molar-refractivity contribution in [1.82, 2.24) is 10.3 Å². The number of hydrogen-bond donors (Lipinski definition) is 1. The van der Waals surface area contributed by atoms with E-state index in [-0.39, 0.29) is 17.5 Å². The van der Waals surface area contributed by atoms with Gasteiger partial charge in [0.25, 0.3) is 0 Å². The summed E-state index contributed by atoms with van der Waals surface area (Å²) in [5, 5.41) is 7.65. The van der Waals surface area contributed by atoms with Crippen LogP contribution in [0.15, 0.2) is 22.8 Å². The second kappa shape index (κ2) is 6.29. The molecule has 2 N–H and O–H groups in total. The number of carbonyl (C=O) groups is 1. The number of benzene rings is 1. The van der Waals surface area contributed by atoms with Crippen LogP contribution in [0.25, 0.3) is 11.0 Å². The van der Waals surface area contributed by atoms with E-state index in [0.717, 1.165) is 5.69 Å². The summed E-state index contributed by atoms with van der Waals surface area (Å²) in [5.41, 5.74) is 7.66. The van der Waals surface area contributed by atoms with Gasteiger partial charge in [-0.2, -0.15) is 0 Å². The van der Waals surface area contributed by atoms with Crippen LogP contribution in [0.1, 0.15) is 13.3 Å². The maximum Gasteiger partial charge on any atom is 0.307 e. The van der Waals surface area contributed by atoms with Gasteiger partial charge in [0.15, 0.2) is 5.11 Å². The number of nitrogens with two attached hydrogens (primary N) is 1. The van der Waals surface area contributed by atoms with Gasteiger partial charge in [-0.05, 0) is 47.7 Å². The Morgan fingerprint density at radius 1 is 1.45 bits per heavy atom. The average Bonchev–Trinajstić information content (AvgIpc) is 2.86. The van der Waals surface area contributed by atoms with E-state index in [9.17, 15) is 4.79 Å². The molecular formula is C12H14N4O3S. The second-order valence-corrected chi connectivity index (χ2v) is 4.40. The third-order valence-corrected chi connectivity index (χ3v) is 2.88. The standard InChI is InChI=1S/C12H14N4O3S/c1-2-18-11(17)5-6-16(12(13)20)8-3-4-9-10(7-8)15-19-14-9/h3-4,7H,2,5-6H2,1H3,(H2,13,20). The number of rotatable bonds is 5. The molecule has 0 bridgehead atoms. The van der Waals surface area contributed by atoms with Gasteiger partial charge < -0.3 is 15.4 Å². The molecule has 0 saturated carbocycles. The van der Waals surface area contributed by atoms with Gasteiger partial charge in [0, 0.05) is 12.2 Å². The van der Waals surface area contributed by atoms with Crippen LogP contribution in [0.2, 0.25) is 0 Å². The molecule has 8 heteroatoms. The fourth-order valence-electron chi connectivity index (χ4n) is 1.74. The molecule has 0 aliphatic carbocycles. The molecular weight excluding hydrogens is 280 g/mol. The predicted molar refractivity (Wildman–Crippen MR) is 77.2 cm³/mol. The molecule has 0 unspecified atom stereocenters. The Kier molecular flexibility index (Phi) is 4.46. The zero-order valence-corrected chi connectivity index (χ0v) is 11.7. The van der Waals surface area contributed by atoms with Crippen molar-refractivity contribution in [3.05, 3.63) is 18.2 Å². The van der Waals surface area contributed by atoms with Crippen LogP contribution < -0.4 is 10.6 Å². The molecule has 0 saturated heterocycles. The highest BCUT2D eigenvalue weighted by atomic mass is 32.1. The van der Waals surface area contributed by atoms with Gasteiger partial charge in [0.2, 0.25) is 0 Å². The lowest BCUT2D eigenvalue weighted by molar-refractivity contribution is -0.142. The molecule has 0 atom stereocenters. The Morgan fingerprint density at radius 3 is 2.90 bits per heavy atom. The summed E-state index contributed by atoms with van der Waals surface area (Å²) in [5.74, 6) is -0.294. The van der Waals surface area contributed by atoms with E-state index in [1.54, 1.807) is 30.0 Å². The van der Waals surface area contributed by atoms with E-state index in [0.29, 0.717) is 24.2 Å². The van der Waals surface area contributed by atoms with E-state index >= 15 is 0 Å². The van der Waals surface area contributed by atoms with Crippen LogP contribution >= 0.6 is 12.2 Å². The SMILES string of the molecule is CCOC(=O)CCN(C(N)=S)c1ccc2nonc2c1. The van der Waals surface area contributed by atoms with Crippen LogP contribution in [0.4, 0.5) is 5.69 Å². The number of thiocarbonyl (C=S) groups is 1. The molecule has 0 aliphatic heterocycles. The van der Waals surface area contributed by atoms with Crippen LogP contribution in [0, 0.1) is 0 Å². The Balaban J connectivity index is 2.15. The normalized spacial score (nSPS) is 10.4. The van der Waals surface area contributed by atoms with E-state index < -0.39 is 0 Å². The van der Waals surface area contributed by atoms with Crippen molar-refractivity contribution in [1.29, 1.82) is 0 Å². The summed E-state index contributed by atoms with van der Waals surface area (Å²) in [6.07, 6.45) is 0.195. The Morgan fingerprint density at radius 2 is 2.20 bits per heavy atom. The van der Waals surface area contributed by atoms with Gasteiger partial charge in [0.05, 0.1) is 13.0 Å². The number of fused-ring (bicyclic) bond motifs is 1. The molecule has 1 aromatic carbocycles. The van der Waals surface area contributed by atoms with Crippen LogP contribution in [-0.2, 0) is 9.53 Å². The molecule has 0 aliphatic rings. The number of anilines is 1. The lowest BCUT2D eigenvalue weighted by Gasteiger charge is -2.22. The second-order valence-electron chi connectivity index (χ2n) is 3.98. The third-order valence-electron chi connectivity index (χ3n) is 2.66. The summed E-state index contributed by atoms with van der Waals surface area (Å²) in [6.45, 7) is 2.45. The number of ether oxygens (including phenoxy) is 1. The first kappa shape index (κ1) is 14.2. The molecule has 0 fully saturated rings. The smallest absolute Gasteiger partial charge is 0.307 e. The van der Waals surface area contributed by atoms with Crippen LogP contribution in [0.3, 0.4) is 0 Å². The molecule has 1 aromatic heterocycles. The molecule has 106 valence electrons. The molecule has 2 aromatic rings. The number of hydrogen-bond acceptors (Lipinski definition) is 6. The maximum absolute atomic E-state index is 11.4. The molecule has 0 amide bonds. The lowest BCUT2D eigenvalue weighted by Crippen LogP contribution is -2.37. The van der Waals surface area contributed by atoms with Crippen LogP contribution in [0.5, 0.6) is 0 Å². The first-order valence-corrected chi connectivity index (χ1v) is 6.47. The number of esters is 1. The van der Waals surface area contributed by atoms with Crippen molar-refractivity contribution < 1.29 is 14.2 Å². The highest BCUT2D eigenvalue weighted by Gasteiger charge is 2.14. The highest BCUT2D eigenvalue weighted by Crippen LogP contribution is 2.20. The zero-order chi connectivity index (χ0) is 14.5. The van der Waals surface area contributed by atoms with Gasteiger partial charge in [-0.15, -0.1) is 0 Å². The molecule has 7 nitrogen and oxygen atoms in total. The first-order chi connectivity index (χ1) is 9.61. The summed E-state index contributed by atoms with van der Waals surface area (Å²) in [6, 6.07) is 5.28. The largest absolute Gasteiger partial charge is 0.466 e. The minimum Gasteiger partial charge on any atom is -0.466 e. The lowest BCUT2D eigenvalue weighted by atomic mass is 10.2. The van der Waals surface area contributed by atoms with Crippen molar-refractivity contribution in [2.75, 3.05) is 18.1 Å². The van der Waals surface area contributed by atoms with E-state index in [2.05, 4.69) is 14.9 Å². The summed E-state index contributed by atoms with van der Waals surface area (Å²) in [4.78, 5) is 13.0. The van der Waals surface area contributed by atoms with Crippen molar-refractivity contribution in [2.24, 2.45) is 5.73 Å². The van der Waals surface area contributed by atoms with E-state index in [1.807, 2.05) is 0 Å². The van der Waals surface area contributed by atoms with E-state index in [4.69, 9.17) is 22.7 Å². The van der Waals surface area contributed by atoms with E-state index in [1.165, 1.54) is 0 Å². The van der Waals surface area contributed by atoms with Gasteiger partial charge in [0.1, 0.15) is 11.0 Å². The maximum atomic E-state index is 11.4. The van der Waals surface area contributed by atoms with Crippen molar-refractivity contribution in [3.63, 3.8) is 0 Å². The molecule has 2 rings (SSSR count). The van der Waals surface area contributed by atoms with Gasteiger partial charge in [-0.25, -0.2) is 4.63 Å². The fourth-order valence-corrected chi connectivity index (χ4v) is 1.94.